The highest BCUT2D eigenvalue weighted by atomic mass is 15.4. The Bertz CT molecular complexity index is 1210. The van der Waals surface area contributed by atoms with Gasteiger partial charge in [-0.15, -0.1) is 5.10 Å². The van der Waals surface area contributed by atoms with Crippen LogP contribution in [0.1, 0.15) is 28.3 Å². The van der Waals surface area contributed by atoms with Gasteiger partial charge in [0.2, 0.25) is 0 Å². The maximum absolute atomic E-state index is 4.44. The largest absolute Gasteiger partial charge is 0.264 e. The van der Waals surface area contributed by atoms with Crippen molar-refractivity contribution >= 4 is 0 Å². The van der Waals surface area contributed by atoms with Gasteiger partial charge in [0.1, 0.15) is 0 Å². The smallest absolute Gasteiger partial charge is 0.0836 e. The predicted molar refractivity (Wildman–Crippen MR) is 125 cm³/mol. The third kappa shape index (κ3) is 4.62. The van der Waals surface area contributed by atoms with E-state index in [0.717, 1.165) is 23.2 Å². The zero-order valence-corrected chi connectivity index (χ0v) is 17.6. The number of hydrogen-bond acceptors (Lipinski definition) is 4. The van der Waals surface area contributed by atoms with Crippen molar-refractivity contribution in [2.75, 3.05) is 0 Å². The van der Waals surface area contributed by atoms with Gasteiger partial charge in [0.05, 0.1) is 12.2 Å². The topological polar surface area (TPSA) is 56.5 Å². The van der Waals surface area contributed by atoms with Gasteiger partial charge < -0.3 is 0 Å². The molecule has 5 rings (SSSR count). The van der Waals surface area contributed by atoms with Crippen LogP contribution in [0.2, 0.25) is 0 Å². The molecule has 32 heavy (non-hydrogen) atoms. The summed E-state index contributed by atoms with van der Waals surface area (Å²) in [6, 6.07) is 27.2. The maximum Gasteiger partial charge on any atom is 0.0836 e. The maximum atomic E-state index is 4.44. The summed E-state index contributed by atoms with van der Waals surface area (Å²) in [7, 11) is 0. The predicted octanol–water partition coefficient (Wildman–Crippen LogP) is 5.16. The van der Waals surface area contributed by atoms with E-state index in [1.165, 1.54) is 16.7 Å². The Hall–Kier alpha value is -4.12. The molecular weight excluding hydrogens is 394 g/mol. The Morgan fingerprint density at radius 1 is 0.688 bits per heavy atom. The van der Waals surface area contributed by atoms with Crippen LogP contribution in [0.5, 0.6) is 0 Å². The van der Waals surface area contributed by atoms with E-state index < -0.39 is 0 Å². The normalized spacial score (nSPS) is 11.0. The van der Waals surface area contributed by atoms with Crippen molar-refractivity contribution in [2.45, 2.75) is 18.9 Å². The van der Waals surface area contributed by atoms with Crippen molar-refractivity contribution in [1.82, 2.24) is 25.0 Å². The Labute approximate surface area is 187 Å². The lowest BCUT2D eigenvalue weighted by Crippen LogP contribution is -2.06. The second kappa shape index (κ2) is 9.35. The number of rotatable bonds is 7. The van der Waals surface area contributed by atoms with Crippen LogP contribution in [0, 0.1) is 0 Å². The molecule has 156 valence electrons. The van der Waals surface area contributed by atoms with Gasteiger partial charge in [-0.3, -0.25) is 9.97 Å². The summed E-state index contributed by atoms with van der Waals surface area (Å²) in [5.74, 6) is 0.132. The Morgan fingerprint density at radius 2 is 1.34 bits per heavy atom. The first-order valence-electron chi connectivity index (χ1n) is 10.7. The van der Waals surface area contributed by atoms with Crippen LogP contribution >= 0.6 is 0 Å². The Balaban J connectivity index is 1.32. The van der Waals surface area contributed by atoms with E-state index in [2.05, 4.69) is 80.9 Å². The summed E-state index contributed by atoms with van der Waals surface area (Å²) in [6.45, 7) is 0.687. The lowest BCUT2D eigenvalue weighted by Gasteiger charge is -2.15. The second-order valence-electron chi connectivity index (χ2n) is 7.80. The average molecular weight is 418 g/mol. The first-order chi connectivity index (χ1) is 15.8. The van der Waals surface area contributed by atoms with Gasteiger partial charge in [0.15, 0.2) is 0 Å². The summed E-state index contributed by atoms with van der Waals surface area (Å²) in [5.41, 5.74) is 6.86. The molecule has 0 N–H and O–H groups in total. The van der Waals surface area contributed by atoms with E-state index in [-0.39, 0.29) is 5.92 Å². The first-order valence-corrected chi connectivity index (χ1v) is 10.7. The molecule has 0 aliphatic rings. The van der Waals surface area contributed by atoms with E-state index in [1.54, 1.807) is 12.4 Å². The molecule has 2 aromatic carbocycles. The lowest BCUT2D eigenvalue weighted by molar-refractivity contribution is 0.649. The van der Waals surface area contributed by atoms with Crippen molar-refractivity contribution in [3.05, 3.63) is 132 Å². The Kier molecular flexibility index (Phi) is 5.79. The van der Waals surface area contributed by atoms with Crippen molar-refractivity contribution in [3.8, 4) is 11.1 Å². The zero-order valence-electron chi connectivity index (χ0n) is 17.6. The fraction of sp³-hybridized carbons (Fsp3) is 0.111. The van der Waals surface area contributed by atoms with Crippen molar-refractivity contribution < 1.29 is 0 Å². The van der Waals surface area contributed by atoms with E-state index in [4.69, 9.17) is 0 Å². The number of pyridine rings is 2. The summed E-state index contributed by atoms with van der Waals surface area (Å²) in [5, 5.41) is 8.81. The highest BCUT2D eigenvalue weighted by molar-refractivity contribution is 5.63. The quantitative estimate of drug-likeness (QED) is 0.367. The number of aromatic nitrogens is 5. The summed E-state index contributed by atoms with van der Waals surface area (Å²) in [6.07, 6.45) is 10.2. The van der Waals surface area contributed by atoms with Gasteiger partial charge in [-0.25, -0.2) is 4.68 Å². The van der Waals surface area contributed by atoms with Gasteiger partial charge >= 0.3 is 0 Å². The molecule has 3 aromatic heterocycles. The van der Waals surface area contributed by atoms with Crippen molar-refractivity contribution in [2.24, 2.45) is 0 Å². The fourth-order valence-electron chi connectivity index (χ4n) is 3.93. The van der Waals surface area contributed by atoms with Gasteiger partial charge in [0.25, 0.3) is 0 Å². The van der Waals surface area contributed by atoms with E-state index in [0.29, 0.717) is 6.54 Å². The number of benzene rings is 2. The summed E-state index contributed by atoms with van der Waals surface area (Å²) >= 11 is 0. The van der Waals surface area contributed by atoms with E-state index >= 15 is 0 Å². The molecule has 5 aromatic rings. The zero-order chi connectivity index (χ0) is 21.6. The van der Waals surface area contributed by atoms with Crippen LogP contribution in [0.15, 0.2) is 110 Å². The molecule has 0 atom stereocenters. The van der Waals surface area contributed by atoms with Crippen LogP contribution in [0.4, 0.5) is 0 Å². The molecular formula is C27H23N5. The molecule has 3 heterocycles. The van der Waals surface area contributed by atoms with E-state index in [9.17, 15) is 0 Å². The minimum absolute atomic E-state index is 0.132. The van der Waals surface area contributed by atoms with Crippen LogP contribution < -0.4 is 0 Å². The third-order valence-electron chi connectivity index (χ3n) is 5.58. The van der Waals surface area contributed by atoms with Crippen molar-refractivity contribution in [3.63, 3.8) is 0 Å². The third-order valence-corrected chi connectivity index (χ3v) is 5.58. The SMILES string of the molecule is c1ccc(-c2ccc(Cn3cc(CC(c4cccnc4)c4cccnc4)nn3)cc2)cc1. The standard InChI is InChI=1S/C27H23N5/c1-2-6-22(7-3-1)23-12-10-21(11-13-23)19-32-20-26(30-31-32)16-27(24-8-4-14-28-17-24)25-9-5-15-29-18-25/h1-15,17-18,20,27H,16,19H2. The molecule has 0 unspecified atom stereocenters. The Morgan fingerprint density at radius 3 is 1.97 bits per heavy atom. The summed E-state index contributed by atoms with van der Waals surface area (Å²) in [4.78, 5) is 8.60. The lowest BCUT2D eigenvalue weighted by atomic mass is 9.89. The molecule has 0 amide bonds. The molecule has 0 fully saturated rings. The fourth-order valence-corrected chi connectivity index (χ4v) is 3.93. The molecule has 0 aliphatic heterocycles. The van der Waals surface area contributed by atoms with Gasteiger partial charge in [-0.05, 0) is 39.9 Å². The van der Waals surface area contributed by atoms with Crippen LogP contribution in [0.25, 0.3) is 11.1 Å². The van der Waals surface area contributed by atoms with Crippen molar-refractivity contribution in [1.29, 1.82) is 0 Å². The molecule has 0 bridgehead atoms. The molecule has 0 aliphatic carbocycles. The van der Waals surface area contributed by atoms with Gasteiger partial charge in [-0.1, -0.05) is 71.9 Å². The highest BCUT2D eigenvalue weighted by Crippen LogP contribution is 2.27. The molecule has 5 heteroatoms. The molecule has 0 spiro atoms. The summed E-state index contributed by atoms with van der Waals surface area (Å²) < 4.78 is 1.90. The minimum Gasteiger partial charge on any atom is -0.264 e. The minimum atomic E-state index is 0.132. The van der Waals surface area contributed by atoms with E-state index in [1.807, 2.05) is 41.5 Å². The van der Waals surface area contributed by atoms with Crippen LogP contribution in [-0.4, -0.2) is 25.0 Å². The monoisotopic (exact) mass is 417 g/mol. The van der Waals surface area contributed by atoms with Gasteiger partial charge in [-0.2, -0.15) is 0 Å². The average Bonchev–Trinajstić information content (AvgIpc) is 3.31. The second-order valence-corrected chi connectivity index (χ2v) is 7.80. The molecule has 0 radical (unpaired) electrons. The molecule has 5 nitrogen and oxygen atoms in total. The van der Waals surface area contributed by atoms with Crippen LogP contribution in [0.3, 0.4) is 0 Å². The van der Waals surface area contributed by atoms with Crippen LogP contribution in [-0.2, 0) is 13.0 Å². The van der Waals surface area contributed by atoms with Gasteiger partial charge in [0, 0.05) is 43.3 Å². The molecule has 0 saturated heterocycles. The molecule has 0 saturated carbocycles. The first kappa shape index (κ1) is 19.8. The highest BCUT2D eigenvalue weighted by Gasteiger charge is 2.17. The number of hydrogen-bond donors (Lipinski definition) is 0. The number of nitrogens with zero attached hydrogens (tertiary/aromatic N) is 5.